The zero-order valence-electron chi connectivity index (χ0n) is 14.6. The van der Waals surface area contributed by atoms with Crippen molar-refractivity contribution in [1.82, 2.24) is 10.3 Å². The lowest BCUT2D eigenvalue weighted by Crippen LogP contribution is -2.38. The minimum absolute atomic E-state index is 0.205. The molecule has 0 bridgehead atoms. The summed E-state index contributed by atoms with van der Waals surface area (Å²) in [6, 6.07) is 15.7. The van der Waals surface area contributed by atoms with Gasteiger partial charge in [0.25, 0.3) is 0 Å². The molecule has 0 spiro atoms. The highest BCUT2D eigenvalue weighted by atomic mass is 16.6. The number of fused-ring (bicyclic) bond motifs is 1. The number of benzene rings is 2. The largest absolute Gasteiger partial charge is 0.414 e. The first-order valence-electron chi connectivity index (χ1n) is 9.15. The number of amides is 1. The number of hydrogen-bond donors (Lipinski definition) is 3. The standard InChI is InChI=1S/C21H23N3O2/c22-15-11-12-18-17(13-15)19(14-7-3-1-4-8-14)20(24-18)26-21(25)23-16-9-5-2-6-10-16/h1,3-4,7-8,11-13,16,24H,2,5-6,9-10,22H2,(H,23,25). The Morgan fingerprint density at radius 2 is 1.85 bits per heavy atom. The molecule has 1 heterocycles. The molecule has 1 saturated carbocycles. The molecule has 0 saturated heterocycles. The Morgan fingerprint density at radius 3 is 2.62 bits per heavy atom. The molecule has 4 rings (SSSR count). The Kier molecular flexibility index (Phi) is 4.52. The fraction of sp³-hybridized carbons (Fsp3) is 0.286. The Hall–Kier alpha value is -2.95. The number of hydrogen-bond acceptors (Lipinski definition) is 3. The number of aromatic nitrogens is 1. The number of anilines is 1. The average Bonchev–Trinajstić information content (AvgIpc) is 3.00. The maximum absolute atomic E-state index is 12.4. The highest BCUT2D eigenvalue weighted by molar-refractivity contribution is 6.01. The number of carbonyl (C=O) groups is 1. The van der Waals surface area contributed by atoms with Gasteiger partial charge in [0.05, 0.1) is 5.56 Å². The first kappa shape index (κ1) is 16.5. The number of ether oxygens (including phenoxy) is 1. The van der Waals surface area contributed by atoms with Crippen LogP contribution < -0.4 is 15.8 Å². The van der Waals surface area contributed by atoms with Crippen molar-refractivity contribution in [1.29, 1.82) is 0 Å². The van der Waals surface area contributed by atoms with E-state index in [1.54, 1.807) is 0 Å². The lowest BCUT2D eigenvalue weighted by molar-refractivity contribution is 0.191. The molecule has 1 aromatic heterocycles. The maximum atomic E-state index is 12.4. The van der Waals surface area contributed by atoms with Crippen LogP contribution in [0.1, 0.15) is 32.1 Å². The van der Waals surface area contributed by atoms with Gasteiger partial charge in [-0.25, -0.2) is 4.79 Å². The van der Waals surface area contributed by atoms with Gasteiger partial charge in [0.15, 0.2) is 0 Å². The van der Waals surface area contributed by atoms with Gasteiger partial charge in [0, 0.05) is 22.6 Å². The first-order valence-corrected chi connectivity index (χ1v) is 9.15. The molecule has 0 unspecified atom stereocenters. The van der Waals surface area contributed by atoms with Crippen LogP contribution in [0.2, 0.25) is 0 Å². The van der Waals surface area contributed by atoms with E-state index in [9.17, 15) is 4.79 Å². The van der Waals surface area contributed by atoms with Gasteiger partial charge in [-0.2, -0.15) is 0 Å². The molecule has 4 N–H and O–H groups in total. The summed E-state index contributed by atoms with van der Waals surface area (Å²) in [6.45, 7) is 0. The zero-order valence-corrected chi connectivity index (χ0v) is 14.6. The van der Waals surface area contributed by atoms with Crippen LogP contribution in [-0.2, 0) is 0 Å². The van der Waals surface area contributed by atoms with Crippen LogP contribution in [0.3, 0.4) is 0 Å². The summed E-state index contributed by atoms with van der Waals surface area (Å²) < 4.78 is 5.68. The van der Waals surface area contributed by atoms with Crippen molar-refractivity contribution in [2.24, 2.45) is 0 Å². The Labute approximate surface area is 152 Å². The summed E-state index contributed by atoms with van der Waals surface area (Å²) in [7, 11) is 0. The molecule has 5 heteroatoms. The fourth-order valence-electron chi connectivity index (χ4n) is 3.69. The van der Waals surface area contributed by atoms with Crippen molar-refractivity contribution in [3.63, 3.8) is 0 Å². The maximum Gasteiger partial charge on any atom is 0.414 e. The number of nitrogens with one attached hydrogen (secondary N) is 2. The number of rotatable bonds is 3. The topological polar surface area (TPSA) is 80.1 Å². The van der Waals surface area contributed by atoms with E-state index in [-0.39, 0.29) is 6.04 Å². The Bertz CT molecular complexity index is 912. The first-order chi connectivity index (χ1) is 12.7. The predicted molar refractivity (Wildman–Crippen MR) is 104 cm³/mol. The van der Waals surface area contributed by atoms with Gasteiger partial charge in [0.1, 0.15) is 0 Å². The summed E-state index contributed by atoms with van der Waals surface area (Å²) in [5.74, 6) is 0.449. The highest BCUT2D eigenvalue weighted by Crippen LogP contribution is 2.38. The number of nitrogens with two attached hydrogens (primary N) is 1. The zero-order chi connectivity index (χ0) is 17.9. The minimum Gasteiger partial charge on any atom is -0.399 e. The molecule has 0 aliphatic heterocycles. The van der Waals surface area contributed by atoms with E-state index < -0.39 is 6.09 Å². The van der Waals surface area contributed by atoms with Crippen molar-refractivity contribution in [3.05, 3.63) is 48.5 Å². The van der Waals surface area contributed by atoms with E-state index in [0.717, 1.165) is 47.7 Å². The van der Waals surface area contributed by atoms with E-state index in [1.165, 1.54) is 6.42 Å². The Morgan fingerprint density at radius 1 is 1.08 bits per heavy atom. The molecular weight excluding hydrogens is 326 g/mol. The third-order valence-electron chi connectivity index (χ3n) is 4.97. The van der Waals surface area contributed by atoms with Crippen LogP contribution in [0, 0.1) is 0 Å². The molecule has 1 aliphatic rings. The fourth-order valence-corrected chi connectivity index (χ4v) is 3.69. The second-order valence-electron chi connectivity index (χ2n) is 6.87. The summed E-state index contributed by atoms with van der Waals surface area (Å²) in [6.07, 6.45) is 5.19. The van der Waals surface area contributed by atoms with Crippen LogP contribution in [0.25, 0.3) is 22.0 Å². The molecule has 1 amide bonds. The van der Waals surface area contributed by atoms with Crippen LogP contribution >= 0.6 is 0 Å². The second kappa shape index (κ2) is 7.12. The lowest BCUT2D eigenvalue weighted by atomic mass is 9.96. The summed E-state index contributed by atoms with van der Waals surface area (Å²) in [5.41, 5.74) is 9.36. The van der Waals surface area contributed by atoms with Gasteiger partial charge in [0.2, 0.25) is 5.88 Å². The van der Waals surface area contributed by atoms with Gasteiger partial charge in [-0.1, -0.05) is 49.6 Å². The second-order valence-corrected chi connectivity index (χ2v) is 6.87. The smallest absolute Gasteiger partial charge is 0.399 e. The molecule has 3 aromatic rings. The van der Waals surface area contributed by atoms with E-state index in [0.29, 0.717) is 11.6 Å². The van der Waals surface area contributed by atoms with E-state index in [1.807, 2.05) is 48.5 Å². The molecule has 2 aromatic carbocycles. The molecule has 1 aliphatic carbocycles. The van der Waals surface area contributed by atoms with Gasteiger partial charge in [-0.05, 0) is 36.6 Å². The molecular formula is C21H23N3O2. The van der Waals surface area contributed by atoms with Gasteiger partial charge < -0.3 is 20.8 Å². The average molecular weight is 349 g/mol. The van der Waals surface area contributed by atoms with Crippen LogP contribution in [0.5, 0.6) is 5.88 Å². The van der Waals surface area contributed by atoms with Gasteiger partial charge >= 0.3 is 6.09 Å². The Balaban J connectivity index is 1.66. The summed E-state index contributed by atoms with van der Waals surface area (Å²) >= 11 is 0. The minimum atomic E-state index is -0.409. The number of nitrogen functional groups attached to an aromatic ring is 1. The normalized spacial score (nSPS) is 15.1. The number of carbonyl (C=O) groups excluding carboxylic acids is 1. The molecule has 1 fully saturated rings. The van der Waals surface area contributed by atoms with E-state index in [2.05, 4.69) is 10.3 Å². The van der Waals surface area contributed by atoms with Crippen molar-refractivity contribution in [2.45, 2.75) is 38.1 Å². The third kappa shape index (κ3) is 3.38. The van der Waals surface area contributed by atoms with E-state index in [4.69, 9.17) is 10.5 Å². The van der Waals surface area contributed by atoms with Crippen LogP contribution in [0.4, 0.5) is 10.5 Å². The number of aromatic amines is 1. The molecule has 134 valence electrons. The lowest BCUT2D eigenvalue weighted by Gasteiger charge is -2.22. The monoisotopic (exact) mass is 349 g/mol. The van der Waals surface area contributed by atoms with Gasteiger partial charge in [-0.3, -0.25) is 0 Å². The van der Waals surface area contributed by atoms with Gasteiger partial charge in [-0.15, -0.1) is 0 Å². The molecule has 5 nitrogen and oxygen atoms in total. The quantitative estimate of drug-likeness (QED) is 0.592. The van der Waals surface area contributed by atoms with Crippen molar-refractivity contribution >= 4 is 22.7 Å². The molecule has 0 atom stereocenters. The van der Waals surface area contributed by atoms with Crippen molar-refractivity contribution < 1.29 is 9.53 Å². The number of H-pyrrole nitrogens is 1. The SMILES string of the molecule is Nc1ccc2[nH]c(OC(=O)NC3CCCCC3)c(-c3ccccc3)c2c1. The van der Waals surface area contributed by atoms with E-state index >= 15 is 0 Å². The van der Waals surface area contributed by atoms with Crippen molar-refractivity contribution in [2.75, 3.05) is 5.73 Å². The van der Waals surface area contributed by atoms with Crippen LogP contribution in [-0.4, -0.2) is 17.1 Å². The third-order valence-corrected chi connectivity index (χ3v) is 4.97. The molecule has 0 radical (unpaired) electrons. The van der Waals surface area contributed by atoms with Crippen LogP contribution in [0.15, 0.2) is 48.5 Å². The predicted octanol–water partition coefficient (Wildman–Crippen LogP) is 4.84. The summed E-state index contributed by atoms with van der Waals surface area (Å²) in [5, 5.41) is 3.94. The van der Waals surface area contributed by atoms with Crippen molar-refractivity contribution in [3.8, 4) is 17.0 Å². The highest BCUT2D eigenvalue weighted by Gasteiger charge is 2.20. The molecule has 26 heavy (non-hydrogen) atoms. The summed E-state index contributed by atoms with van der Waals surface area (Å²) in [4.78, 5) is 15.6.